The molecule has 3 aromatic rings. The number of aromatic nitrogens is 5. The topological polar surface area (TPSA) is 91.7 Å². The molecule has 0 spiro atoms. The number of piperidine rings is 1. The number of nitrogens with one attached hydrogen (secondary N) is 2. The molecule has 1 aliphatic heterocycles. The number of likely N-dealkylation sites (tertiary alicyclic amines) is 1. The molecule has 4 rings (SSSR count). The lowest BCUT2D eigenvalue weighted by Gasteiger charge is -2.32. The summed E-state index contributed by atoms with van der Waals surface area (Å²) in [6.07, 6.45) is 3.85. The third-order valence-corrected chi connectivity index (χ3v) is 5.56. The highest BCUT2D eigenvalue weighted by atomic mass is 16.1. The molecule has 29 heavy (non-hydrogen) atoms. The number of nitrogens with zero attached hydrogens (tertiary/aromatic N) is 5. The molecule has 0 bridgehead atoms. The van der Waals surface area contributed by atoms with Crippen LogP contribution in [-0.4, -0.2) is 48.9 Å². The Kier molecular flexibility index (Phi) is 5.71. The van der Waals surface area contributed by atoms with Gasteiger partial charge in [-0.05, 0) is 45.4 Å². The second kappa shape index (κ2) is 8.57. The van der Waals surface area contributed by atoms with Crippen molar-refractivity contribution in [3.63, 3.8) is 0 Å². The summed E-state index contributed by atoms with van der Waals surface area (Å²) in [5, 5.41) is 18.9. The number of carbonyl (C=O) groups is 1. The lowest BCUT2D eigenvalue weighted by Crippen LogP contribution is -2.35. The molecule has 1 fully saturated rings. The normalized spacial score (nSPS) is 17.4. The number of carbonyl (C=O) groups excluding carboxylic acids is 1. The summed E-state index contributed by atoms with van der Waals surface area (Å²) in [6, 6.07) is 9.24. The van der Waals surface area contributed by atoms with Gasteiger partial charge in [-0.3, -0.25) is 14.8 Å². The zero-order valence-corrected chi connectivity index (χ0v) is 16.9. The first-order chi connectivity index (χ1) is 14.2. The maximum Gasteiger partial charge on any atom is 0.255 e. The van der Waals surface area contributed by atoms with Gasteiger partial charge in [0.1, 0.15) is 11.6 Å². The summed E-state index contributed by atoms with van der Waals surface area (Å²) in [4.78, 5) is 15.0. The number of anilines is 1. The molecule has 0 saturated carbocycles. The Morgan fingerprint density at radius 3 is 2.90 bits per heavy atom. The fraction of sp³-hybridized carbons (Fsp3) is 0.429. The Morgan fingerprint density at radius 2 is 2.10 bits per heavy atom. The van der Waals surface area contributed by atoms with Gasteiger partial charge in [-0.1, -0.05) is 18.2 Å². The van der Waals surface area contributed by atoms with Gasteiger partial charge < -0.3 is 9.88 Å². The smallest absolute Gasteiger partial charge is 0.255 e. The third-order valence-electron chi connectivity index (χ3n) is 5.56. The Bertz CT molecular complexity index is 963. The molecule has 1 atom stereocenters. The third kappa shape index (κ3) is 4.22. The van der Waals surface area contributed by atoms with E-state index in [9.17, 15) is 4.79 Å². The maximum absolute atomic E-state index is 12.5. The first-order valence-electron chi connectivity index (χ1n) is 10.2. The fourth-order valence-electron chi connectivity index (χ4n) is 4.08. The molecule has 1 aliphatic rings. The Morgan fingerprint density at radius 1 is 1.28 bits per heavy atom. The van der Waals surface area contributed by atoms with E-state index in [1.165, 1.54) is 0 Å². The molecule has 8 nitrogen and oxygen atoms in total. The van der Waals surface area contributed by atoms with Crippen molar-refractivity contribution in [3.8, 4) is 0 Å². The van der Waals surface area contributed by atoms with Crippen LogP contribution in [0.2, 0.25) is 0 Å². The lowest BCUT2D eigenvalue weighted by atomic mass is 9.94. The van der Waals surface area contributed by atoms with E-state index in [2.05, 4.69) is 42.1 Å². The van der Waals surface area contributed by atoms with Gasteiger partial charge in [-0.15, -0.1) is 10.2 Å². The molecule has 3 heterocycles. The van der Waals surface area contributed by atoms with E-state index >= 15 is 0 Å². The molecular formula is C21H27N7O. The van der Waals surface area contributed by atoms with Gasteiger partial charge in [0.15, 0.2) is 0 Å². The number of aryl methyl sites for hydroxylation is 1. The van der Waals surface area contributed by atoms with Crippen molar-refractivity contribution >= 4 is 11.6 Å². The van der Waals surface area contributed by atoms with E-state index < -0.39 is 0 Å². The van der Waals surface area contributed by atoms with Crippen molar-refractivity contribution in [3.05, 3.63) is 59.4 Å². The molecular weight excluding hydrogens is 366 g/mol. The molecule has 1 saturated heterocycles. The molecule has 0 radical (unpaired) electrons. The number of aromatic amines is 1. The number of benzene rings is 1. The van der Waals surface area contributed by atoms with E-state index in [4.69, 9.17) is 0 Å². The summed E-state index contributed by atoms with van der Waals surface area (Å²) < 4.78 is 2.16. The lowest BCUT2D eigenvalue weighted by molar-refractivity contribution is 0.102. The van der Waals surface area contributed by atoms with Gasteiger partial charge >= 0.3 is 0 Å². The van der Waals surface area contributed by atoms with E-state index in [1.54, 1.807) is 6.20 Å². The standard InChI is InChI=1S/C21H27N7O/c1-3-28-15(2)24-25-19(28)14-27-11-7-10-17(13-27)20-18(12-22-26-20)23-21(29)16-8-5-4-6-9-16/h4-6,8-9,12,17H,3,7,10-11,13-14H2,1-2H3,(H,22,26)(H,23,29). The Hall–Kier alpha value is -3.00. The van der Waals surface area contributed by atoms with Crippen LogP contribution in [0.1, 0.15) is 53.4 Å². The average molecular weight is 393 g/mol. The zero-order chi connectivity index (χ0) is 20.2. The first kappa shape index (κ1) is 19.3. The van der Waals surface area contributed by atoms with Gasteiger partial charge in [-0.2, -0.15) is 5.10 Å². The fourth-order valence-corrected chi connectivity index (χ4v) is 4.08. The van der Waals surface area contributed by atoms with Gasteiger partial charge in [-0.25, -0.2) is 0 Å². The highest BCUT2D eigenvalue weighted by Crippen LogP contribution is 2.31. The largest absolute Gasteiger partial charge is 0.319 e. The van der Waals surface area contributed by atoms with Gasteiger partial charge in [0.25, 0.3) is 5.91 Å². The Labute approximate surface area is 170 Å². The van der Waals surface area contributed by atoms with Crippen LogP contribution in [0.15, 0.2) is 36.5 Å². The van der Waals surface area contributed by atoms with Crippen molar-refractivity contribution < 1.29 is 4.79 Å². The summed E-state index contributed by atoms with van der Waals surface area (Å²) in [7, 11) is 0. The number of H-pyrrole nitrogens is 1. The molecule has 8 heteroatoms. The molecule has 2 aromatic heterocycles. The molecule has 2 N–H and O–H groups in total. The minimum absolute atomic E-state index is 0.118. The van der Waals surface area contributed by atoms with Crippen LogP contribution in [-0.2, 0) is 13.1 Å². The minimum atomic E-state index is -0.118. The molecule has 1 unspecified atom stereocenters. The first-order valence-corrected chi connectivity index (χ1v) is 10.2. The molecule has 1 amide bonds. The van der Waals surface area contributed by atoms with E-state index in [-0.39, 0.29) is 11.8 Å². The molecule has 1 aromatic carbocycles. The Balaban J connectivity index is 1.45. The molecule has 152 valence electrons. The second-order valence-corrected chi connectivity index (χ2v) is 7.50. The SMILES string of the molecule is CCn1c(C)nnc1CN1CCCC(c2[nH]ncc2NC(=O)c2ccccc2)C1. The number of amides is 1. The number of rotatable bonds is 6. The highest BCUT2D eigenvalue weighted by Gasteiger charge is 2.26. The monoisotopic (exact) mass is 393 g/mol. The summed E-state index contributed by atoms with van der Waals surface area (Å²) >= 11 is 0. The summed E-state index contributed by atoms with van der Waals surface area (Å²) in [5.74, 6) is 2.13. The van der Waals surface area contributed by atoms with Crippen molar-refractivity contribution in [1.29, 1.82) is 0 Å². The summed E-state index contributed by atoms with van der Waals surface area (Å²) in [5.41, 5.74) is 2.39. The molecule has 0 aliphatic carbocycles. The average Bonchev–Trinajstić information content (AvgIpc) is 3.35. The van der Waals surface area contributed by atoms with Crippen molar-refractivity contribution in [2.75, 3.05) is 18.4 Å². The van der Waals surface area contributed by atoms with Crippen LogP contribution in [0.25, 0.3) is 0 Å². The van der Waals surface area contributed by atoms with Crippen molar-refractivity contribution in [2.45, 2.75) is 45.7 Å². The van der Waals surface area contributed by atoms with Crippen molar-refractivity contribution in [2.24, 2.45) is 0 Å². The number of hydrogen-bond donors (Lipinski definition) is 2. The van der Waals surface area contributed by atoms with E-state index in [0.29, 0.717) is 5.56 Å². The van der Waals surface area contributed by atoms with Crippen LogP contribution in [0.4, 0.5) is 5.69 Å². The zero-order valence-electron chi connectivity index (χ0n) is 16.9. The van der Waals surface area contributed by atoms with E-state index in [1.807, 2.05) is 37.3 Å². The van der Waals surface area contributed by atoms with Crippen molar-refractivity contribution in [1.82, 2.24) is 29.9 Å². The van der Waals surface area contributed by atoms with Crippen LogP contribution in [0.5, 0.6) is 0 Å². The van der Waals surface area contributed by atoms with Crippen LogP contribution in [0.3, 0.4) is 0 Å². The van der Waals surface area contributed by atoms with Gasteiger partial charge in [0.05, 0.1) is 24.1 Å². The second-order valence-electron chi connectivity index (χ2n) is 7.50. The van der Waals surface area contributed by atoms with Gasteiger partial charge in [0.2, 0.25) is 0 Å². The maximum atomic E-state index is 12.5. The van der Waals surface area contributed by atoms with Crippen LogP contribution in [0, 0.1) is 6.92 Å². The minimum Gasteiger partial charge on any atom is -0.319 e. The van der Waals surface area contributed by atoms with E-state index in [0.717, 1.165) is 62.1 Å². The quantitative estimate of drug-likeness (QED) is 0.672. The van der Waals surface area contributed by atoms with Gasteiger partial charge in [0, 0.05) is 24.6 Å². The number of hydrogen-bond acceptors (Lipinski definition) is 5. The van der Waals surface area contributed by atoms with Crippen LogP contribution < -0.4 is 5.32 Å². The highest BCUT2D eigenvalue weighted by molar-refractivity contribution is 6.04. The predicted octanol–water partition coefficient (Wildman–Crippen LogP) is 2.96. The van der Waals surface area contributed by atoms with Crippen LogP contribution >= 0.6 is 0 Å². The predicted molar refractivity (Wildman–Crippen MR) is 111 cm³/mol. The summed E-state index contributed by atoms with van der Waals surface area (Å²) in [6.45, 7) is 7.70.